The first-order valence-electron chi connectivity index (χ1n) is 13.2. The first-order chi connectivity index (χ1) is 17.1. The fourth-order valence-electron chi connectivity index (χ4n) is 5.60. The zero-order valence-electron chi connectivity index (χ0n) is 21.0. The van der Waals surface area contributed by atoms with Gasteiger partial charge in [0.25, 0.3) is 0 Å². The highest BCUT2D eigenvalue weighted by Crippen LogP contribution is 2.62. The number of aryl methyl sites for hydroxylation is 1. The smallest absolute Gasteiger partial charge is 0.0705 e. The molecule has 0 aliphatic heterocycles. The molecular weight excluding hydrogens is 569 g/mol. The Balaban J connectivity index is 1.60. The molecule has 4 aromatic heterocycles. The molecule has 0 fully saturated rings. The maximum Gasteiger partial charge on any atom is 0.0705 e. The molecule has 0 radical (unpaired) electrons. The molecule has 0 saturated heterocycles. The molecule has 5 heteroatoms. The lowest BCUT2D eigenvalue weighted by Gasteiger charge is -2.31. The average Bonchev–Trinajstić information content (AvgIpc) is 3.64. The maximum absolute atomic E-state index is 3.69. The monoisotopic (exact) mass is 602 g/mol. The zero-order chi connectivity index (χ0) is 24.4. The molecule has 0 saturated carbocycles. The van der Waals surface area contributed by atoms with Gasteiger partial charge in [0.05, 0.1) is 3.79 Å². The number of hydrogen-bond acceptors (Lipinski definition) is 4. The third-order valence-electron chi connectivity index (χ3n) is 7.41. The number of rotatable bonds is 12. The number of unbranched alkanes of at least 4 members (excludes halogenated alkanes) is 6. The Morgan fingerprint density at radius 3 is 1.63 bits per heavy atom. The Morgan fingerprint density at radius 2 is 1.17 bits per heavy atom. The van der Waals surface area contributed by atoms with Gasteiger partial charge >= 0.3 is 0 Å². The standard InChI is InChI=1S/C30H35BrS4/c1-4-6-8-10-16-30(17-11-9-7-5-2)21-18-25(23-13-12-20(3)32-23)34-28(21)29-22(30)19-26(35-29)24-14-15-27(31)33-24/h12-15,18-19H,4-11,16-17H2,1-3H3. The summed E-state index contributed by atoms with van der Waals surface area (Å²) >= 11 is 11.6. The van der Waals surface area contributed by atoms with E-state index < -0.39 is 0 Å². The largest absolute Gasteiger partial charge is 0.140 e. The number of fused-ring (bicyclic) bond motifs is 3. The van der Waals surface area contributed by atoms with Crippen LogP contribution in [-0.4, -0.2) is 0 Å². The van der Waals surface area contributed by atoms with Crippen molar-refractivity contribution in [3.05, 3.63) is 56.2 Å². The minimum Gasteiger partial charge on any atom is -0.140 e. The fourth-order valence-corrected chi connectivity index (χ4v) is 10.7. The summed E-state index contributed by atoms with van der Waals surface area (Å²) < 4.78 is 1.22. The van der Waals surface area contributed by atoms with Crippen LogP contribution in [-0.2, 0) is 5.41 Å². The van der Waals surface area contributed by atoms with Crippen molar-refractivity contribution >= 4 is 61.3 Å². The van der Waals surface area contributed by atoms with Gasteiger partial charge in [-0.25, -0.2) is 0 Å². The summed E-state index contributed by atoms with van der Waals surface area (Å²) in [6.45, 7) is 6.87. The van der Waals surface area contributed by atoms with Crippen LogP contribution >= 0.6 is 61.3 Å². The van der Waals surface area contributed by atoms with Crippen molar-refractivity contribution in [3.63, 3.8) is 0 Å². The third kappa shape index (κ3) is 5.18. The lowest BCUT2D eigenvalue weighted by Crippen LogP contribution is -2.25. The summed E-state index contributed by atoms with van der Waals surface area (Å²) in [5.74, 6) is 0. The second kappa shape index (κ2) is 11.3. The van der Waals surface area contributed by atoms with E-state index in [2.05, 4.69) is 73.1 Å². The molecule has 0 amide bonds. The van der Waals surface area contributed by atoms with Crippen molar-refractivity contribution in [1.29, 1.82) is 0 Å². The predicted molar refractivity (Wildman–Crippen MR) is 165 cm³/mol. The second-order valence-electron chi connectivity index (χ2n) is 9.92. The van der Waals surface area contributed by atoms with Gasteiger partial charge in [0.2, 0.25) is 0 Å². The second-order valence-corrected chi connectivity index (χ2v) is 15.8. The minimum atomic E-state index is 0.191. The first kappa shape index (κ1) is 25.9. The van der Waals surface area contributed by atoms with Crippen LogP contribution in [0.3, 0.4) is 0 Å². The van der Waals surface area contributed by atoms with Crippen molar-refractivity contribution in [2.45, 2.75) is 90.4 Å². The number of halogens is 1. The molecule has 0 aromatic carbocycles. The van der Waals surface area contributed by atoms with Crippen LogP contribution in [0, 0.1) is 6.92 Å². The van der Waals surface area contributed by atoms with Crippen molar-refractivity contribution in [2.24, 2.45) is 0 Å². The van der Waals surface area contributed by atoms with Crippen molar-refractivity contribution < 1.29 is 0 Å². The molecule has 0 spiro atoms. The van der Waals surface area contributed by atoms with Crippen LogP contribution in [0.15, 0.2) is 40.2 Å². The Bertz CT molecular complexity index is 1170. The first-order valence-corrected chi connectivity index (χ1v) is 17.2. The molecule has 1 aliphatic rings. The van der Waals surface area contributed by atoms with Crippen LogP contribution in [0.5, 0.6) is 0 Å². The van der Waals surface area contributed by atoms with E-state index in [1.54, 1.807) is 20.9 Å². The van der Waals surface area contributed by atoms with Crippen molar-refractivity contribution in [1.82, 2.24) is 0 Å². The summed E-state index contributed by atoms with van der Waals surface area (Å²) in [7, 11) is 0. The third-order valence-corrected chi connectivity index (χ3v) is 12.9. The van der Waals surface area contributed by atoms with Crippen LogP contribution < -0.4 is 0 Å². The predicted octanol–water partition coefficient (Wildman–Crippen LogP) is 12.5. The van der Waals surface area contributed by atoms with Gasteiger partial charge in [-0.05, 0) is 83.2 Å². The van der Waals surface area contributed by atoms with E-state index in [0.717, 1.165) is 0 Å². The Hall–Kier alpha value is -0.720. The van der Waals surface area contributed by atoms with Gasteiger partial charge in [0.15, 0.2) is 0 Å². The van der Waals surface area contributed by atoms with Gasteiger partial charge in [-0.2, -0.15) is 0 Å². The number of thiophene rings is 4. The molecule has 186 valence electrons. The van der Waals surface area contributed by atoms with Crippen LogP contribution in [0.2, 0.25) is 0 Å². The van der Waals surface area contributed by atoms with E-state index in [1.165, 1.54) is 92.4 Å². The van der Waals surface area contributed by atoms with Gasteiger partial charge < -0.3 is 0 Å². The van der Waals surface area contributed by atoms with Gasteiger partial charge in [-0.15, -0.1) is 45.3 Å². The molecule has 1 aliphatic carbocycles. The zero-order valence-corrected chi connectivity index (χ0v) is 25.9. The summed E-state index contributed by atoms with van der Waals surface area (Å²) in [6, 6.07) is 14.3. The summed E-state index contributed by atoms with van der Waals surface area (Å²) in [6.07, 6.45) is 13.3. The van der Waals surface area contributed by atoms with Crippen LogP contribution in [0.25, 0.3) is 29.3 Å². The highest BCUT2D eigenvalue weighted by Gasteiger charge is 2.45. The van der Waals surface area contributed by atoms with E-state index in [9.17, 15) is 0 Å². The van der Waals surface area contributed by atoms with E-state index in [4.69, 9.17) is 0 Å². The highest BCUT2D eigenvalue weighted by molar-refractivity contribution is 9.11. The summed E-state index contributed by atoms with van der Waals surface area (Å²) in [5.41, 5.74) is 3.48. The summed E-state index contributed by atoms with van der Waals surface area (Å²) in [4.78, 5) is 10.3. The topological polar surface area (TPSA) is 0 Å². The normalized spacial score (nSPS) is 13.9. The molecular formula is C30H35BrS4. The SMILES string of the molecule is CCCCCCC1(CCCCCC)c2cc(-c3ccc(C)s3)sc2-c2sc(-c3ccc(Br)s3)cc21. The Kier molecular flexibility index (Phi) is 8.40. The van der Waals surface area contributed by atoms with Crippen molar-refractivity contribution in [3.8, 4) is 29.3 Å². The molecule has 0 nitrogen and oxygen atoms in total. The molecule has 5 rings (SSSR count). The highest BCUT2D eigenvalue weighted by atomic mass is 79.9. The molecule has 35 heavy (non-hydrogen) atoms. The van der Waals surface area contributed by atoms with E-state index in [1.807, 2.05) is 45.3 Å². The van der Waals surface area contributed by atoms with E-state index in [0.29, 0.717) is 0 Å². The molecule has 0 bridgehead atoms. The minimum absolute atomic E-state index is 0.191. The molecule has 4 heterocycles. The van der Waals surface area contributed by atoms with E-state index >= 15 is 0 Å². The van der Waals surface area contributed by atoms with Gasteiger partial charge in [0.1, 0.15) is 0 Å². The Morgan fingerprint density at radius 1 is 0.629 bits per heavy atom. The molecule has 0 atom stereocenters. The number of hydrogen-bond donors (Lipinski definition) is 0. The van der Waals surface area contributed by atoms with Crippen LogP contribution in [0.1, 0.15) is 94.1 Å². The van der Waals surface area contributed by atoms with Gasteiger partial charge in [-0.3, -0.25) is 0 Å². The molecule has 0 unspecified atom stereocenters. The van der Waals surface area contributed by atoms with Gasteiger partial charge in [-0.1, -0.05) is 65.2 Å². The van der Waals surface area contributed by atoms with Gasteiger partial charge in [0, 0.05) is 39.6 Å². The quantitative estimate of drug-likeness (QED) is 0.141. The lowest BCUT2D eigenvalue weighted by atomic mass is 9.71. The Labute approximate surface area is 235 Å². The molecule has 0 N–H and O–H groups in total. The maximum atomic E-state index is 3.69. The van der Waals surface area contributed by atoms with E-state index in [-0.39, 0.29) is 5.41 Å². The van der Waals surface area contributed by atoms with Crippen molar-refractivity contribution in [2.75, 3.05) is 0 Å². The fraction of sp³-hybridized carbons (Fsp3) is 0.467. The molecule has 4 aromatic rings. The summed E-state index contributed by atoms with van der Waals surface area (Å²) in [5, 5.41) is 0. The van der Waals surface area contributed by atoms with Crippen LogP contribution in [0.4, 0.5) is 0 Å². The average molecular weight is 604 g/mol. The lowest BCUT2D eigenvalue weighted by molar-refractivity contribution is 0.402.